The summed E-state index contributed by atoms with van der Waals surface area (Å²) in [6.07, 6.45) is 2.89. The van der Waals surface area contributed by atoms with E-state index in [2.05, 4.69) is 4.99 Å². The number of amides is 2. The van der Waals surface area contributed by atoms with Crippen molar-refractivity contribution in [3.05, 3.63) is 59.2 Å². The number of amidine groups is 1. The minimum Gasteiger partial charge on any atom is -0.465 e. The monoisotopic (exact) mass is 490 g/mol. The van der Waals surface area contributed by atoms with Crippen LogP contribution in [0, 0.1) is 5.92 Å². The van der Waals surface area contributed by atoms with Crippen LogP contribution in [0.5, 0.6) is 0 Å². The van der Waals surface area contributed by atoms with Gasteiger partial charge in [-0.2, -0.15) is 0 Å². The molecule has 0 unspecified atom stereocenters. The molecule has 0 spiro atoms. The predicted molar refractivity (Wildman–Crippen MR) is 141 cm³/mol. The van der Waals surface area contributed by atoms with Gasteiger partial charge in [-0.25, -0.2) is 4.99 Å². The lowest BCUT2D eigenvalue weighted by Crippen LogP contribution is -2.40. The minimum atomic E-state index is -0.559. The number of nitrogens with two attached hydrogens (primary N) is 2. The summed E-state index contributed by atoms with van der Waals surface area (Å²) in [6, 6.07) is 13.5. The number of aliphatic imine (C=N–C) groups is 1. The van der Waals surface area contributed by atoms with Crippen LogP contribution < -0.4 is 11.5 Å². The fourth-order valence-electron chi connectivity index (χ4n) is 3.91. The molecule has 2 aromatic rings. The Bertz CT molecular complexity index is 1180. The molecule has 0 bridgehead atoms. The van der Waals surface area contributed by atoms with E-state index in [1.54, 1.807) is 6.08 Å². The first kappa shape index (κ1) is 26.7. The first-order chi connectivity index (χ1) is 17.2. The molecule has 0 atom stereocenters. The molecule has 1 aliphatic rings. The maximum Gasteiger partial charge on any atom is 0.310 e. The number of carbonyl (C=O) groups is 3. The molecular weight excluding hydrogens is 456 g/mol. The summed E-state index contributed by atoms with van der Waals surface area (Å²) < 4.78 is 5.26. The second-order valence-electron chi connectivity index (χ2n) is 9.37. The molecule has 0 fully saturated rings. The van der Waals surface area contributed by atoms with Gasteiger partial charge in [-0.1, -0.05) is 57.2 Å². The summed E-state index contributed by atoms with van der Waals surface area (Å²) in [5.41, 5.74) is 16.2. The molecule has 0 radical (unpaired) electrons. The van der Waals surface area contributed by atoms with Crippen molar-refractivity contribution in [1.82, 2.24) is 4.90 Å². The molecule has 3 rings (SSSR count). The van der Waals surface area contributed by atoms with Crippen molar-refractivity contribution in [2.75, 3.05) is 19.7 Å². The molecule has 36 heavy (non-hydrogen) atoms. The molecule has 0 aromatic heterocycles. The Balaban J connectivity index is 1.81. The van der Waals surface area contributed by atoms with E-state index in [9.17, 15) is 14.4 Å². The summed E-state index contributed by atoms with van der Waals surface area (Å²) in [7, 11) is 0. The number of carbonyl (C=O) groups excluding carboxylic acids is 3. The van der Waals surface area contributed by atoms with Crippen LogP contribution in [0.1, 0.15) is 44.7 Å². The van der Waals surface area contributed by atoms with Crippen LogP contribution in [0.2, 0.25) is 0 Å². The molecule has 2 amide bonds. The van der Waals surface area contributed by atoms with Gasteiger partial charge >= 0.3 is 5.97 Å². The smallest absolute Gasteiger partial charge is 0.310 e. The van der Waals surface area contributed by atoms with Crippen molar-refractivity contribution < 1.29 is 19.1 Å². The summed E-state index contributed by atoms with van der Waals surface area (Å²) in [5.74, 6) is -0.451. The van der Waals surface area contributed by atoms with Crippen molar-refractivity contribution in [3.8, 4) is 11.1 Å². The van der Waals surface area contributed by atoms with Gasteiger partial charge in [0.1, 0.15) is 5.84 Å². The molecule has 1 heterocycles. The highest BCUT2D eigenvalue weighted by molar-refractivity contribution is 6.06. The molecule has 1 aliphatic heterocycles. The molecule has 8 heteroatoms. The first-order valence-corrected chi connectivity index (χ1v) is 12.2. The highest BCUT2D eigenvalue weighted by Crippen LogP contribution is 2.32. The number of benzene rings is 2. The fourth-order valence-corrected chi connectivity index (χ4v) is 3.91. The maximum absolute atomic E-state index is 13.1. The third-order valence-electron chi connectivity index (χ3n) is 5.61. The molecule has 0 saturated heterocycles. The molecular formula is C28H34N4O4. The molecule has 8 nitrogen and oxygen atoms in total. The Labute approximate surface area is 212 Å². The molecule has 0 aliphatic carbocycles. The SMILES string of the molecule is CCCN(CC(N)=O)C(=O)C1=Cc2ccc(-c3ccc(CC(=O)OCC(C)C)cc3)cc2N=C(N)C1. The number of rotatable bonds is 10. The average molecular weight is 491 g/mol. The van der Waals surface area contributed by atoms with Gasteiger partial charge in [0.2, 0.25) is 5.91 Å². The fraction of sp³-hybridized carbons (Fsp3) is 0.357. The van der Waals surface area contributed by atoms with Crippen LogP contribution in [0.15, 0.2) is 53.0 Å². The molecule has 190 valence electrons. The Hall–Kier alpha value is -3.94. The van der Waals surface area contributed by atoms with Crippen LogP contribution in [0.4, 0.5) is 5.69 Å². The van der Waals surface area contributed by atoms with E-state index in [4.69, 9.17) is 16.2 Å². The number of ether oxygens (including phenoxy) is 1. The van der Waals surface area contributed by atoms with Crippen LogP contribution in [-0.4, -0.2) is 48.2 Å². The first-order valence-electron chi connectivity index (χ1n) is 12.2. The van der Waals surface area contributed by atoms with E-state index in [1.807, 2.05) is 63.2 Å². The Morgan fingerprint density at radius 2 is 1.78 bits per heavy atom. The minimum absolute atomic E-state index is 0.141. The van der Waals surface area contributed by atoms with Crippen LogP contribution in [0.25, 0.3) is 17.2 Å². The number of esters is 1. The quantitative estimate of drug-likeness (QED) is 0.492. The highest BCUT2D eigenvalue weighted by Gasteiger charge is 2.22. The molecule has 4 N–H and O–H groups in total. The van der Waals surface area contributed by atoms with E-state index in [1.165, 1.54) is 4.90 Å². The van der Waals surface area contributed by atoms with Gasteiger partial charge in [-0.3, -0.25) is 14.4 Å². The second kappa shape index (κ2) is 12.2. The van der Waals surface area contributed by atoms with E-state index >= 15 is 0 Å². The lowest BCUT2D eigenvalue weighted by Gasteiger charge is -2.21. The summed E-state index contributed by atoms with van der Waals surface area (Å²) >= 11 is 0. The number of hydrogen-bond donors (Lipinski definition) is 2. The predicted octanol–water partition coefficient (Wildman–Crippen LogP) is 3.60. The number of nitrogens with zero attached hydrogens (tertiary/aromatic N) is 2. The molecule has 0 saturated carbocycles. The third-order valence-corrected chi connectivity index (χ3v) is 5.61. The van der Waals surface area contributed by atoms with Crippen molar-refractivity contribution in [2.24, 2.45) is 22.4 Å². The zero-order chi connectivity index (χ0) is 26.2. The van der Waals surface area contributed by atoms with Crippen LogP contribution in [-0.2, 0) is 25.5 Å². The van der Waals surface area contributed by atoms with Gasteiger partial charge in [0.25, 0.3) is 5.91 Å². The van der Waals surface area contributed by atoms with Gasteiger partial charge in [0.15, 0.2) is 0 Å². The maximum atomic E-state index is 13.1. The van der Waals surface area contributed by atoms with Gasteiger partial charge in [-0.15, -0.1) is 0 Å². The Morgan fingerprint density at radius 1 is 1.08 bits per heavy atom. The number of fused-ring (bicyclic) bond motifs is 1. The normalized spacial score (nSPS) is 12.8. The lowest BCUT2D eigenvalue weighted by atomic mass is 9.99. The zero-order valence-corrected chi connectivity index (χ0v) is 21.1. The van der Waals surface area contributed by atoms with Crippen LogP contribution in [0.3, 0.4) is 0 Å². The van der Waals surface area contributed by atoms with Crippen molar-refractivity contribution in [2.45, 2.75) is 40.0 Å². The summed E-state index contributed by atoms with van der Waals surface area (Å²) in [6.45, 7) is 6.63. The van der Waals surface area contributed by atoms with Gasteiger partial charge in [-0.05, 0) is 41.2 Å². The van der Waals surface area contributed by atoms with Crippen molar-refractivity contribution in [1.29, 1.82) is 0 Å². The van der Waals surface area contributed by atoms with Crippen LogP contribution >= 0.6 is 0 Å². The molecule has 2 aromatic carbocycles. The largest absolute Gasteiger partial charge is 0.465 e. The van der Waals surface area contributed by atoms with E-state index in [-0.39, 0.29) is 31.3 Å². The van der Waals surface area contributed by atoms with Crippen molar-refractivity contribution in [3.63, 3.8) is 0 Å². The summed E-state index contributed by atoms with van der Waals surface area (Å²) in [4.78, 5) is 42.5. The Morgan fingerprint density at radius 3 is 2.42 bits per heavy atom. The van der Waals surface area contributed by atoms with Gasteiger partial charge < -0.3 is 21.1 Å². The second-order valence-corrected chi connectivity index (χ2v) is 9.37. The average Bonchev–Trinajstić information content (AvgIpc) is 2.99. The highest BCUT2D eigenvalue weighted by atomic mass is 16.5. The van der Waals surface area contributed by atoms with E-state index < -0.39 is 5.91 Å². The zero-order valence-electron chi connectivity index (χ0n) is 21.1. The Kier molecular flexibility index (Phi) is 9.00. The topological polar surface area (TPSA) is 128 Å². The van der Waals surface area contributed by atoms with Gasteiger partial charge in [0, 0.05) is 24.1 Å². The lowest BCUT2D eigenvalue weighted by molar-refractivity contribution is -0.143. The van der Waals surface area contributed by atoms with E-state index in [0.717, 1.165) is 22.3 Å². The third kappa shape index (κ3) is 7.28. The van der Waals surface area contributed by atoms with Crippen molar-refractivity contribution >= 4 is 35.4 Å². The standard InChI is InChI=1S/C28H34N4O4/c1-4-11-32(16-26(30)33)28(35)23-13-22-10-9-21(14-24(22)31-25(29)15-23)20-7-5-19(6-8-20)12-27(34)36-17-18(2)3/h5-10,13-14,18H,4,11-12,15-17H2,1-3H3,(H2,29,31)(H2,30,33). The number of primary amides is 1. The van der Waals surface area contributed by atoms with E-state index in [0.29, 0.717) is 42.6 Å². The summed E-state index contributed by atoms with van der Waals surface area (Å²) in [5, 5.41) is 0. The van der Waals surface area contributed by atoms with Gasteiger partial charge in [0.05, 0.1) is 25.3 Å². The number of hydrogen-bond acceptors (Lipinski definition) is 6.